The Kier molecular flexibility index (Phi) is 2.48. The molecule has 0 bridgehead atoms. The van der Waals surface area contributed by atoms with Gasteiger partial charge in [0.15, 0.2) is 10.8 Å². The quantitative estimate of drug-likeness (QED) is 0.730. The molecule has 0 aliphatic rings. The lowest BCUT2D eigenvalue weighted by Gasteiger charge is -1.90. The van der Waals surface area contributed by atoms with Gasteiger partial charge < -0.3 is 0 Å². The van der Waals surface area contributed by atoms with Gasteiger partial charge in [0, 0.05) is 22.7 Å². The van der Waals surface area contributed by atoms with Crippen molar-refractivity contribution in [3.05, 3.63) is 26.7 Å². The normalized spacial score (nSPS) is 10.4. The summed E-state index contributed by atoms with van der Waals surface area (Å²) >= 11 is 3.11. The number of hydrogen-bond acceptors (Lipinski definition) is 4. The van der Waals surface area contributed by atoms with Crippen LogP contribution in [0, 0.1) is 6.92 Å². The predicted octanol–water partition coefficient (Wildman–Crippen LogP) is 3.38. The monoisotopic (exact) mass is 223 g/mol. The number of ketones is 1. The van der Waals surface area contributed by atoms with Gasteiger partial charge in [0.25, 0.3) is 0 Å². The summed E-state index contributed by atoms with van der Waals surface area (Å²) in [7, 11) is 0. The van der Waals surface area contributed by atoms with E-state index >= 15 is 0 Å². The van der Waals surface area contributed by atoms with Crippen LogP contribution < -0.4 is 0 Å². The highest BCUT2D eigenvalue weighted by molar-refractivity contribution is 7.14. The molecule has 0 aromatic carbocycles. The molecule has 2 aromatic heterocycles. The van der Waals surface area contributed by atoms with Crippen molar-refractivity contribution in [3.63, 3.8) is 0 Å². The van der Waals surface area contributed by atoms with Gasteiger partial charge in [-0.1, -0.05) is 0 Å². The number of thiophene rings is 1. The summed E-state index contributed by atoms with van der Waals surface area (Å²) in [5, 5.41) is 4.66. The highest BCUT2D eigenvalue weighted by Crippen LogP contribution is 2.28. The molecule has 2 rings (SSSR count). The van der Waals surface area contributed by atoms with E-state index in [1.54, 1.807) is 18.3 Å². The number of aryl methyl sites for hydroxylation is 1. The smallest absolute Gasteiger partial charge is 0.188 e. The van der Waals surface area contributed by atoms with Crippen LogP contribution in [-0.2, 0) is 0 Å². The van der Waals surface area contributed by atoms with Crippen molar-refractivity contribution in [2.24, 2.45) is 0 Å². The average Bonchev–Trinajstić information content (AvgIpc) is 2.71. The summed E-state index contributed by atoms with van der Waals surface area (Å²) in [4.78, 5) is 16.6. The van der Waals surface area contributed by atoms with E-state index in [1.165, 1.54) is 11.3 Å². The van der Waals surface area contributed by atoms with Crippen molar-refractivity contribution in [1.82, 2.24) is 4.98 Å². The number of aromatic nitrogens is 1. The van der Waals surface area contributed by atoms with Gasteiger partial charge in [-0.25, -0.2) is 4.98 Å². The minimum Gasteiger partial charge on any atom is -0.292 e. The zero-order valence-electron chi connectivity index (χ0n) is 7.90. The number of carbonyl (C=O) groups is 1. The summed E-state index contributed by atoms with van der Waals surface area (Å²) < 4.78 is 0. The van der Waals surface area contributed by atoms with Crippen molar-refractivity contribution >= 4 is 28.5 Å². The first kappa shape index (κ1) is 9.55. The molecule has 0 radical (unpaired) electrons. The predicted molar refractivity (Wildman–Crippen MR) is 60.2 cm³/mol. The topological polar surface area (TPSA) is 30.0 Å². The molecule has 0 N–H and O–H groups in total. The molecule has 2 nitrogen and oxygen atoms in total. The molecular weight excluding hydrogens is 214 g/mol. The van der Waals surface area contributed by atoms with Gasteiger partial charge in [-0.05, 0) is 18.4 Å². The first-order valence-electron chi connectivity index (χ1n) is 4.19. The fourth-order valence-electron chi connectivity index (χ4n) is 1.21. The zero-order valence-corrected chi connectivity index (χ0v) is 9.54. The molecule has 0 fully saturated rings. The lowest BCUT2D eigenvalue weighted by molar-refractivity contribution is 0.101. The number of nitrogens with zero attached hydrogens (tertiary/aromatic N) is 1. The number of carbonyl (C=O) groups excluding carboxylic acids is 1. The largest absolute Gasteiger partial charge is 0.292 e. The van der Waals surface area contributed by atoms with E-state index in [9.17, 15) is 4.79 Å². The van der Waals surface area contributed by atoms with Gasteiger partial charge in [0.1, 0.15) is 0 Å². The number of hydrogen-bond donors (Lipinski definition) is 0. The maximum absolute atomic E-state index is 11.1. The average molecular weight is 223 g/mol. The number of thiazole rings is 1. The molecule has 72 valence electrons. The molecule has 0 saturated carbocycles. The van der Waals surface area contributed by atoms with E-state index in [-0.39, 0.29) is 5.78 Å². The van der Waals surface area contributed by atoms with Crippen LogP contribution in [-0.4, -0.2) is 10.8 Å². The minimum absolute atomic E-state index is 0.0413. The van der Waals surface area contributed by atoms with Gasteiger partial charge in [-0.15, -0.1) is 11.3 Å². The Morgan fingerprint density at radius 2 is 2.29 bits per heavy atom. The summed E-state index contributed by atoms with van der Waals surface area (Å²) in [5.74, 6) is 0.0413. The van der Waals surface area contributed by atoms with Gasteiger partial charge >= 0.3 is 0 Å². The molecular formula is C10H9NOS2. The van der Waals surface area contributed by atoms with Crippen LogP contribution in [0.5, 0.6) is 0 Å². The fourth-order valence-corrected chi connectivity index (χ4v) is 2.69. The second kappa shape index (κ2) is 3.63. The maximum atomic E-state index is 11.1. The van der Waals surface area contributed by atoms with Crippen molar-refractivity contribution < 1.29 is 4.79 Å². The Hall–Kier alpha value is -1.00. The Balaban J connectivity index is 2.50. The third-order valence-electron chi connectivity index (χ3n) is 1.89. The van der Waals surface area contributed by atoms with E-state index in [4.69, 9.17) is 0 Å². The third kappa shape index (κ3) is 1.63. The van der Waals surface area contributed by atoms with Crippen LogP contribution in [0.15, 0.2) is 16.8 Å². The van der Waals surface area contributed by atoms with Gasteiger partial charge in [0.2, 0.25) is 0 Å². The highest BCUT2D eigenvalue weighted by atomic mass is 32.1. The van der Waals surface area contributed by atoms with Gasteiger partial charge in [-0.3, -0.25) is 4.79 Å². The van der Waals surface area contributed by atoms with Crippen LogP contribution >= 0.6 is 22.7 Å². The molecule has 14 heavy (non-hydrogen) atoms. The first-order valence-corrected chi connectivity index (χ1v) is 5.95. The van der Waals surface area contributed by atoms with E-state index < -0.39 is 0 Å². The second-order valence-corrected chi connectivity index (χ2v) is 4.98. The van der Waals surface area contributed by atoms with E-state index in [0.717, 1.165) is 16.1 Å². The Morgan fingerprint density at radius 1 is 1.50 bits per heavy atom. The van der Waals surface area contributed by atoms with Crippen molar-refractivity contribution in [2.75, 3.05) is 0 Å². The molecule has 0 amide bonds. The molecule has 2 heterocycles. The van der Waals surface area contributed by atoms with Crippen LogP contribution in [0.1, 0.15) is 21.6 Å². The van der Waals surface area contributed by atoms with Gasteiger partial charge in [-0.2, -0.15) is 11.3 Å². The van der Waals surface area contributed by atoms with Crippen LogP contribution in [0.25, 0.3) is 11.3 Å². The highest BCUT2D eigenvalue weighted by Gasteiger charge is 2.12. The Bertz CT molecular complexity index is 456. The standard InChI is InChI=1S/C10H9NOS2/c1-6(12)10-11-9(7(2)14-10)8-3-4-13-5-8/h3-5H,1-2H3. The molecule has 0 aliphatic heterocycles. The molecule has 0 aliphatic carbocycles. The summed E-state index contributed by atoms with van der Waals surface area (Å²) in [6.45, 7) is 3.55. The number of Topliss-reactive ketones (excluding diaryl/α,β-unsaturated/α-hetero) is 1. The molecule has 2 aromatic rings. The Labute approximate surface area is 90.2 Å². The summed E-state index contributed by atoms with van der Waals surface area (Å²) in [6.07, 6.45) is 0. The lowest BCUT2D eigenvalue weighted by Crippen LogP contribution is -1.89. The maximum Gasteiger partial charge on any atom is 0.188 e. The molecule has 0 saturated heterocycles. The molecule has 4 heteroatoms. The van der Waals surface area contributed by atoms with Crippen molar-refractivity contribution in [3.8, 4) is 11.3 Å². The fraction of sp³-hybridized carbons (Fsp3) is 0.200. The van der Waals surface area contributed by atoms with Crippen molar-refractivity contribution in [2.45, 2.75) is 13.8 Å². The van der Waals surface area contributed by atoms with Crippen molar-refractivity contribution in [1.29, 1.82) is 0 Å². The molecule has 0 unspecified atom stereocenters. The van der Waals surface area contributed by atoms with E-state index in [1.807, 2.05) is 23.8 Å². The lowest BCUT2D eigenvalue weighted by atomic mass is 10.2. The SMILES string of the molecule is CC(=O)c1nc(-c2ccsc2)c(C)s1. The second-order valence-electron chi connectivity index (χ2n) is 2.99. The molecule has 0 spiro atoms. The minimum atomic E-state index is 0.0413. The zero-order chi connectivity index (χ0) is 10.1. The number of rotatable bonds is 2. The van der Waals surface area contributed by atoms with E-state index in [2.05, 4.69) is 4.98 Å². The Morgan fingerprint density at radius 3 is 2.79 bits per heavy atom. The van der Waals surface area contributed by atoms with Crippen LogP contribution in [0.2, 0.25) is 0 Å². The third-order valence-corrected chi connectivity index (χ3v) is 3.65. The molecule has 0 atom stereocenters. The van der Waals surface area contributed by atoms with E-state index in [0.29, 0.717) is 5.01 Å². The van der Waals surface area contributed by atoms with Crippen LogP contribution in [0.3, 0.4) is 0 Å². The first-order chi connectivity index (χ1) is 6.68. The summed E-state index contributed by atoms with van der Waals surface area (Å²) in [6, 6.07) is 2.02. The van der Waals surface area contributed by atoms with Crippen LogP contribution in [0.4, 0.5) is 0 Å². The van der Waals surface area contributed by atoms with Gasteiger partial charge in [0.05, 0.1) is 5.69 Å². The summed E-state index contributed by atoms with van der Waals surface area (Å²) in [5.41, 5.74) is 2.05.